The molecular weight excluding hydrogens is 216 g/mol. The highest BCUT2D eigenvalue weighted by atomic mass is 16.5. The van der Waals surface area contributed by atoms with Gasteiger partial charge in [-0.1, -0.05) is 27.2 Å². The molecule has 0 N–H and O–H groups in total. The van der Waals surface area contributed by atoms with Crippen LogP contribution in [0.5, 0.6) is 0 Å². The maximum absolute atomic E-state index is 11.0. The van der Waals surface area contributed by atoms with Gasteiger partial charge in [0.05, 0.1) is 13.2 Å². The van der Waals surface area contributed by atoms with E-state index in [0.29, 0.717) is 11.8 Å². The number of esters is 1. The van der Waals surface area contributed by atoms with E-state index in [-0.39, 0.29) is 12.1 Å². The normalized spacial score (nSPS) is 13.5. The number of carbonyl (C=O) groups excluding carboxylic acids is 1. The molecule has 102 valence electrons. The van der Waals surface area contributed by atoms with E-state index in [1.54, 1.807) is 7.11 Å². The van der Waals surface area contributed by atoms with E-state index < -0.39 is 0 Å². The van der Waals surface area contributed by atoms with Crippen molar-refractivity contribution in [2.45, 2.75) is 65.4 Å². The van der Waals surface area contributed by atoms with Gasteiger partial charge in [0.2, 0.25) is 0 Å². The van der Waals surface area contributed by atoms with Crippen molar-refractivity contribution in [1.82, 2.24) is 0 Å². The molecule has 0 spiro atoms. The molecule has 0 aliphatic rings. The first-order valence-electron chi connectivity index (χ1n) is 6.48. The number of hydrogen-bond acceptors (Lipinski definition) is 3. The van der Waals surface area contributed by atoms with Crippen molar-refractivity contribution in [2.24, 2.45) is 5.41 Å². The summed E-state index contributed by atoms with van der Waals surface area (Å²) in [5.74, 6) is -0.130. The summed E-state index contributed by atoms with van der Waals surface area (Å²) in [6.07, 6.45) is 6.03. The van der Waals surface area contributed by atoms with Gasteiger partial charge in [-0.2, -0.15) is 0 Å². The van der Waals surface area contributed by atoms with Crippen molar-refractivity contribution in [1.29, 1.82) is 0 Å². The molecule has 0 aromatic heterocycles. The third-order valence-corrected chi connectivity index (χ3v) is 2.92. The minimum absolute atomic E-state index is 0.130. The van der Waals surface area contributed by atoms with Crippen molar-refractivity contribution < 1.29 is 14.3 Å². The molecule has 3 nitrogen and oxygen atoms in total. The summed E-state index contributed by atoms with van der Waals surface area (Å²) in [5, 5.41) is 0. The number of rotatable bonds is 8. The van der Waals surface area contributed by atoms with E-state index in [1.165, 1.54) is 20.0 Å². The lowest BCUT2D eigenvalue weighted by atomic mass is 9.89. The third kappa shape index (κ3) is 10.3. The summed E-state index contributed by atoms with van der Waals surface area (Å²) in [4.78, 5) is 11.0. The Morgan fingerprint density at radius 3 is 2.18 bits per heavy atom. The molecule has 0 saturated heterocycles. The van der Waals surface area contributed by atoms with Gasteiger partial charge in [0.15, 0.2) is 0 Å². The zero-order chi connectivity index (χ0) is 13.3. The zero-order valence-electron chi connectivity index (χ0n) is 12.0. The number of ether oxygens (including phenoxy) is 2. The Morgan fingerprint density at radius 1 is 1.12 bits per heavy atom. The van der Waals surface area contributed by atoms with E-state index in [2.05, 4.69) is 25.5 Å². The van der Waals surface area contributed by atoms with Crippen LogP contribution in [0.2, 0.25) is 0 Å². The van der Waals surface area contributed by atoms with Crippen LogP contribution < -0.4 is 0 Å². The number of methoxy groups -OCH3 is 2. The van der Waals surface area contributed by atoms with Gasteiger partial charge in [-0.3, -0.25) is 4.79 Å². The van der Waals surface area contributed by atoms with Gasteiger partial charge < -0.3 is 9.47 Å². The molecule has 3 heteroatoms. The molecule has 0 heterocycles. The van der Waals surface area contributed by atoms with Crippen LogP contribution in [-0.2, 0) is 14.3 Å². The molecule has 0 amide bonds. The van der Waals surface area contributed by atoms with Gasteiger partial charge in [0, 0.05) is 13.5 Å². The van der Waals surface area contributed by atoms with E-state index >= 15 is 0 Å². The Balaban J connectivity index is 3.66. The Morgan fingerprint density at radius 2 is 1.71 bits per heavy atom. The fourth-order valence-corrected chi connectivity index (χ4v) is 1.82. The van der Waals surface area contributed by atoms with Crippen LogP contribution in [0.15, 0.2) is 0 Å². The third-order valence-electron chi connectivity index (χ3n) is 2.92. The molecule has 0 bridgehead atoms. The van der Waals surface area contributed by atoms with Crippen LogP contribution in [0.4, 0.5) is 0 Å². The first-order chi connectivity index (χ1) is 7.89. The average Bonchev–Trinajstić information content (AvgIpc) is 2.25. The van der Waals surface area contributed by atoms with Gasteiger partial charge in [0.25, 0.3) is 0 Å². The van der Waals surface area contributed by atoms with Crippen LogP contribution in [0.25, 0.3) is 0 Å². The summed E-state index contributed by atoms with van der Waals surface area (Å²) in [6.45, 7) is 6.77. The van der Waals surface area contributed by atoms with Crippen molar-refractivity contribution in [3.8, 4) is 0 Å². The molecule has 0 saturated carbocycles. The molecule has 0 aliphatic heterocycles. The van der Waals surface area contributed by atoms with Crippen LogP contribution in [0.3, 0.4) is 0 Å². The Kier molecular flexibility index (Phi) is 8.23. The van der Waals surface area contributed by atoms with Gasteiger partial charge in [-0.25, -0.2) is 0 Å². The van der Waals surface area contributed by atoms with E-state index in [9.17, 15) is 4.79 Å². The lowest BCUT2D eigenvalue weighted by molar-refractivity contribution is -0.140. The first kappa shape index (κ1) is 16.4. The largest absolute Gasteiger partial charge is 0.469 e. The molecule has 0 aromatic rings. The predicted molar refractivity (Wildman–Crippen MR) is 70.0 cm³/mol. The predicted octanol–water partition coefficient (Wildman–Crippen LogP) is 3.56. The van der Waals surface area contributed by atoms with Crippen LogP contribution in [-0.4, -0.2) is 26.3 Å². The maximum atomic E-state index is 11.0. The number of hydrogen-bond donors (Lipinski definition) is 0. The molecule has 17 heavy (non-hydrogen) atoms. The van der Waals surface area contributed by atoms with Gasteiger partial charge in [-0.05, 0) is 31.1 Å². The summed E-state index contributed by atoms with van der Waals surface area (Å²) in [6, 6.07) is 0. The molecular formula is C14H28O3. The molecule has 0 aliphatic carbocycles. The fraction of sp³-hybridized carbons (Fsp3) is 0.929. The molecule has 0 fully saturated rings. The van der Waals surface area contributed by atoms with E-state index in [1.807, 2.05) is 0 Å². The Bertz CT molecular complexity index is 206. The zero-order valence-corrected chi connectivity index (χ0v) is 12.0. The monoisotopic (exact) mass is 244 g/mol. The smallest absolute Gasteiger partial charge is 0.305 e. The SMILES string of the molecule is COC(=O)CCC[C@@H](CCCC(C)(C)C)OC. The van der Waals surface area contributed by atoms with Gasteiger partial charge >= 0.3 is 5.97 Å². The average molecular weight is 244 g/mol. The highest BCUT2D eigenvalue weighted by Crippen LogP contribution is 2.23. The first-order valence-corrected chi connectivity index (χ1v) is 6.48. The second-order valence-corrected chi connectivity index (χ2v) is 5.78. The fourth-order valence-electron chi connectivity index (χ4n) is 1.82. The van der Waals surface area contributed by atoms with Crippen LogP contribution in [0, 0.1) is 5.41 Å². The minimum atomic E-state index is -0.130. The summed E-state index contributed by atoms with van der Waals surface area (Å²) in [7, 11) is 3.18. The van der Waals surface area contributed by atoms with Crippen LogP contribution >= 0.6 is 0 Å². The van der Waals surface area contributed by atoms with Gasteiger partial charge in [-0.15, -0.1) is 0 Å². The molecule has 0 unspecified atom stereocenters. The van der Waals surface area contributed by atoms with E-state index in [4.69, 9.17) is 4.74 Å². The highest BCUT2D eigenvalue weighted by molar-refractivity contribution is 5.68. The Hall–Kier alpha value is -0.570. The summed E-state index contributed by atoms with van der Waals surface area (Å²) >= 11 is 0. The lowest BCUT2D eigenvalue weighted by Crippen LogP contribution is -2.13. The van der Waals surface area contributed by atoms with Crippen molar-refractivity contribution >= 4 is 5.97 Å². The molecule has 0 aromatic carbocycles. The second-order valence-electron chi connectivity index (χ2n) is 5.78. The van der Waals surface area contributed by atoms with Gasteiger partial charge in [0.1, 0.15) is 0 Å². The quantitative estimate of drug-likeness (QED) is 0.612. The van der Waals surface area contributed by atoms with E-state index in [0.717, 1.165) is 19.3 Å². The Labute approximate surface area is 106 Å². The minimum Gasteiger partial charge on any atom is -0.469 e. The second kappa shape index (κ2) is 8.51. The van der Waals surface area contributed by atoms with Crippen LogP contribution in [0.1, 0.15) is 59.3 Å². The summed E-state index contributed by atoms with van der Waals surface area (Å²) < 4.78 is 10.0. The standard InChI is InChI=1S/C14H28O3/c1-14(2,3)11-7-9-12(16-4)8-6-10-13(15)17-5/h12H,6-11H2,1-5H3/t12-/m0/s1. The molecule has 0 rings (SSSR count). The summed E-state index contributed by atoms with van der Waals surface area (Å²) in [5.41, 5.74) is 0.393. The lowest BCUT2D eigenvalue weighted by Gasteiger charge is -2.20. The topological polar surface area (TPSA) is 35.5 Å². The van der Waals surface area contributed by atoms with Crippen molar-refractivity contribution in [3.05, 3.63) is 0 Å². The van der Waals surface area contributed by atoms with Crippen molar-refractivity contribution in [2.75, 3.05) is 14.2 Å². The molecule has 0 radical (unpaired) electrons. The highest BCUT2D eigenvalue weighted by Gasteiger charge is 2.13. The number of carbonyl (C=O) groups is 1. The molecule has 1 atom stereocenters. The maximum Gasteiger partial charge on any atom is 0.305 e. The van der Waals surface area contributed by atoms with Crippen molar-refractivity contribution in [3.63, 3.8) is 0 Å².